The number of hydrogen-bond acceptors (Lipinski definition) is 6. The molecule has 1 aromatic heterocycles. The van der Waals surface area contributed by atoms with Gasteiger partial charge in [0.05, 0.1) is 6.61 Å². The summed E-state index contributed by atoms with van der Waals surface area (Å²) in [6.45, 7) is 6.49. The van der Waals surface area contributed by atoms with Gasteiger partial charge in [-0.05, 0) is 30.7 Å². The second-order valence-electron chi connectivity index (χ2n) is 5.23. The van der Waals surface area contributed by atoms with E-state index in [-0.39, 0.29) is 11.5 Å². The zero-order valence-corrected chi connectivity index (χ0v) is 14.6. The summed E-state index contributed by atoms with van der Waals surface area (Å²) in [7, 11) is 0. The first kappa shape index (κ1) is 17.6. The molecular weight excluding hydrogens is 324 g/mol. The van der Waals surface area contributed by atoms with Gasteiger partial charge in [-0.25, -0.2) is 0 Å². The average Bonchev–Trinajstić information content (AvgIpc) is 3.03. The maximum atomic E-state index is 12.2. The lowest BCUT2D eigenvalue weighted by molar-refractivity contribution is -0.112. The van der Waals surface area contributed by atoms with Crippen LogP contribution in [0.2, 0.25) is 0 Å². The molecule has 0 atom stereocenters. The van der Waals surface area contributed by atoms with Gasteiger partial charge in [0.15, 0.2) is 0 Å². The first-order valence-electron chi connectivity index (χ1n) is 7.53. The van der Waals surface area contributed by atoms with Gasteiger partial charge in [0, 0.05) is 5.92 Å². The van der Waals surface area contributed by atoms with E-state index in [4.69, 9.17) is 4.74 Å². The summed E-state index contributed by atoms with van der Waals surface area (Å²) in [4.78, 5) is 12.2. The molecule has 0 saturated carbocycles. The van der Waals surface area contributed by atoms with Crippen molar-refractivity contribution in [3.8, 4) is 11.8 Å². The van der Waals surface area contributed by atoms with Crippen molar-refractivity contribution in [1.29, 1.82) is 5.26 Å². The second-order valence-corrected chi connectivity index (χ2v) is 6.24. The molecule has 0 spiro atoms. The average molecular weight is 342 g/mol. The zero-order chi connectivity index (χ0) is 17.5. The predicted molar refractivity (Wildman–Crippen MR) is 93.8 cm³/mol. The minimum atomic E-state index is -0.502. The summed E-state index contributed by atoms with van der Waals surface area (Å²) in [5.74, 6) is 0.480. The van der Waals surface area contributed by atoms with Gasteiger partial charge in [-0.2, -0.15) is 5.26 Å². The first-order chi connectivity index (χ1) is 11.5. The molecule has 124 valence electrons. The molecule has 0 fully saturated rings. The van der Waals surface area contributed by atoms with Crippen LogP contribution in [0.25, 0.3) is 6.08 Å². The van der Waals surface area contributed by atoms with Crippen molar-refractivity contribution in [3.05, 3.63) is 40.4 Å². The lowest BCUT2D eigenvalue weighted by Gasteiger charge is -2.03. The second kappa shape index (κ2) is 8.22. The smallest absolute Gasteiger partial charge is 0.268 e. The van der Waals surface area contributed by atoms with Crippen LogP contribution in [0.1, 0.15) is 37.3 Å². The van der Waals surface area contributed by atoms with Crippen molar-refractivity contribution in [2.24, 2.45) is 0 Å². The molecule has 7 heteroatoms. The largest absolute Gasteiger partial charge is 0.494 e. The number of nitrogens with one attached hydrogen (secondary N) is 1. The number of benzene rings is 1. The summed E-state index contributed by atoms with van der Waals surface area (Å²) in [6.07, 6.45) is 1.52. The summed E-state index contributed by atoms with van der Waals surface area (Å²) < 4.78 is 5.36. The summed E-state index contributed by atoms with van der Waals surface area (Å²) in [6, 6.07) is 9.08. The van der Waals surface area contributed by atoms with E-state index in [0.29, 0.717) is 11.7 Å². The van der Waals surface area contributed by atoms with Gasteiger partial charge in [0.2, 0.25) is 5.13 Å². The Morgan fingerprint density at radius 3 is 2.62 bits per heavy atom. The maximum absolute atomic E-state index is 12.2. The molecule has 0 bridgehead atoms. The van der Waals surface area contributed by atoms with E-state index >= 15 is 0 Å². The number of nitriles is 1. The van der Waals surface area contributed by atoms with Crippen molar-refractivity contribution in [3.63, 3.8) is 0 Å². The molecule has 0 aliphatic heterocycles. The molecule has 1 heterocycles. The predicted octanol–water partition coefficient (Wildman–Crippen LogP) is 3.61. The minimum Gasteiger partial charge on any atom is -0.494 e. The van der Waals surface area contributed by atoms with Gasteiger partial charge in [-0.15, -0.1) is 10.2 Å². The van der Waals surface area contributed by atoms with E-state index in [0.717, 1.165) is 16.3 Å². The molecule has 1 amide bonds. The van der Waals surface area contributed by atoms with Crippen LogP contribution in [0.4, 0.5) is 5.13 Å². The van der Waals surface area contributed by atoms with E-state index in [1.54, 1.807) is 24.3 Å². The molecular formula is C17H18N4O2S. The fraction of sp³-hybridized carbons (Fsp3) is 0.294. The summed E-state index contributed by atoms with van der Waals surface area (Å²) in [5, 5.41) is 21.0. The lowest BCUT2D eigenvalue weighted by Crippen LogP contribution is -2.13. The van der Waals surface area contributed by atoms with Crippen LogP contribution in [-0.4, -0.2) is 22.7 Å². The fourth-order valence-electron chi connectivity index (χ4n) is 1.83. The summed E-state index contributed by atoms with van der Waals surface area (Å²) >= 11 is 1.30. The molecule has 0 aliphatic rings. The number of carbonyl (C=O) groups excluding carboxylic acids is 1. The molecule has 24 heavy (non-hydrogen) atoms. The highest BCUT2D eigenvalue weighted by molar-refractivity contribution is 7.15. The number of amides is 1. The molecule has 6 nitrogen and oxygen atoms in total. The Balaban J connectivity index is 2.11. The fourth-order valence-corrected chi connectivity index (χ4v) is 2.57. The van der Waals surface area contributed by atoms with Crippen molar-refractivity contribution in [2.75, 3.05) is 11.9 Å². The third-order valence-corrected chi connectivity index (χ3v) is 4.16. The highest BCUT2D eigenvalue weighted by Crippen LogP contribution is 2.23. The Bertz CT molecular complexity index is 773. The summed E-state index contributed by atoms with van der Waals surface area (Å²) in [5.41, 5.74) is 0.741. The molecule has 0 saturated heterocycles. The Hall–Kier alpha value is -2.72. The highest BCUT2D eigenvalue weighted by Gasteiger charge is 2.14. The van der Waals surface area contributed by atoms with Crippen LogP contribution in [0.15, 0.2) is 29.8 Å². The van der Waals surface area contributed by atoms with Gasteiger partial charge >= 0.3 is 0 Å². The molecule has 2 aromatic rings. The van der Waals surface area contributed by atoms with Crippen molar-refractivity contribution >= 4 is 28.5 Å². The number of rotatable bonds is 6. The van der Waals surface area contributed by atoms with Gasteiger partial charge in [0.1, 0.15) is 22.4 Å². The molecule has 2 rings (SSSR count). The van der Waals surface area contributed by atoms with Gasteiger partial charge in [0.25, 0.3) is 5.91 Å². The number of ether oxygens (including phenoxy) is 1. The number of aromatic nitrogens is 2. The van der Waals surface area contributed by atoms with Gasteiger partial charge < -0.3 is 4.74 Å². The number of anilines is 1. The Labute approximate surface area is 144 Å². The molecule has 0 aliphatic carbocycles. The zero-order valence-electron chi connectivity index (χ0n) is 13.7. The van der Waals surface area contributed by atoms with E-state index < -0.39 is 5.91 Å². The standard InChI is InChI=1S/C17H18N4O2S/c1-4-23-14-7-5-12(6-8-14)9-13(10-18)15(22)19-17-21-20-16(24-17)11(2)3/h5-9,11H,4H2,1-3H3,(H,19,21,22)/b13-9+. The van der Waals surface area contributed by atoms with Gasteiger partial charge in [-0.3, -0.25) is 10.1 Å². The maximum Gasteiger partial charge on any atom is 0.268 e. The van der Waals surface area contributed by atoms with Crippen LogP contribution < -0.4 is 10.1 Å². The Morgan fingerprint density at radius 1 is 1.38 bits per heavy atom. The molecule has 1 N–H and O–H groups in total. The van der Waals surface area contributed by atoms with E-state index in [1.165, 1.54) is 17.4 Å². The van der Waals surface area contributed by atoms with Crippen molar-refractivity contribution < 1.29 is 9.53 Å². The topological polar surface area (TPSA) is 87.9 Å². The number of nitrogens with zero attached hydrogens (tertiary/aromatic N) is 3. The molecule has 0 unspecified atom stereocenters. The van der Waals surface area contributed by atoms with E-state index in [2.05, 4.69) is 15.5 Å². The van der Waals surface area contributed by atoms with Crippen LogP contribution >= 0.6 is 11.3 Å². The highest BCUT2D eigenvalue weighted by atomic mass is 32.1. The Kier molecular flexibility index (Phi) is 6.04. The monoisotopic (exact) mass is 342 g/mol. The minimum absolute atomic E-state index is 0.000423. The third kappa shape index (κ3) is 4.64. The first-order valence-corrected chi connectivity index (χ1v) is 8.34. The van der Waals surface area contributed by atoms with E-state index in [9.17, 15) is 10.1 Å². The van der Waals surface area contributed by atoms with Crippen molar-refractivity contribution in [2.45, 2.75) is 26.7 Å². The van der Waals surface area contributed by atoms with E-state index in [1.807, 2.05) is 26.8 Å². The lowest BCUT2D eigenvalue weighted by atomic mass is 10.1. The third-order valence-electron chi connectivity index (χ3n) is 3.02. The number of carbonyl (C=O) groups is 1. The van der Waals surface area contributed by atoms with Crippen LogP contribution in [-0.2, 0) is 4.79 Å². The van der Waals surface area contributed by atoms with Crippen molar-refractivity contribution in [1.82, 2.24) is 10.2 Å². The van der Waals surface area contributed by atoms with Crippen LogP contribution in [0.5, 0.6) is 5.75 Å². The van der Waals surface area contributed by atoms with Crippen LogP contribution in [0.3, 0.4) is 0 Å². The SMILES string of the molecule is CCOc1ccc(/C=C(\C#N)C(=O)Nc2nnc(C(C)C)s2)cc1. The number of hydrogen-bond donors (Lipinski definition) is 1. The molecule has 0 radical (unpaired) electrons. The van der Waals surface area contributed by atoms with Gasteiger partial charge in [-0.1, -0.05) is 37.3 Å². The normalized spacial score (nSPS) is 11.2. The quantitative estimate of drug-likeness (QED) is 0.640. The Morgan fingerprint density at radius 2 is 2.08 bits per heavy atom. The molecule has 1 aromatic carbocycles. The van der Waals surface area contributed by atoms with Crippen LogP contribution in [0, 0.1) is 11.3 Å².